The van der Waals surface area contributed by atoms with E-state index in [1.807, 2.05) is 34.9 Å². The van der Waals surface area contributed by atoms with Gasteiger partial charge in [-0.1, -0.05) is 23.7 Å². The number of fused-ring (bicyclic) bond motifs is 1. The molecule has 0 bridgehead atoms. The van der Waals surface area contributed by atoms with Crippen LogP contribution in [0.15, 0.2) is 42.5 Å². The molecule has 1 heterocycles. The van der Waals surface area contributed by atoms with Crippen molar-refractivity contribution in [3.63, 3.8) is 0 Å². The average Bonchev–Trinajstić information content (AvgIpc) is 2.73. The van der Waals surface area contributed by atoms with E-state index in [0.717, 1.165) is 16.7 Å². The highest BCUT2D eigenvalue weighted by molar-refractivity contribution is 7.71. The molecule has 0 aliphatic rings. The van der Waals surface area contributed by atoms with Gasteiger partial charge in [-0.05, 0) is 42.5 Å². The number of rotatable bonds is 1. The van der Waals surface area contributed by atoms with Crippen LogP contribution < -0.4 is 0 Å². The Kier molecular flexibility index (Phi) is 2.86. The smallest absolute Gasteiger partial charge is 0.182 e. The van der Waals surface area contributed by atoms with Gasteiger partial charge in [0.2, 0.25) is 0 Å². The lowest BCUT2D eigenvalue weighted by atomic mass is 10.2. The molecule has 0 radical (unpaired) electrons. The molecular weight excluding hydrogens is 278 g/mol. The van der Waals surface area contributed by atoms with Crippen molar-refractivity contribution in [3.05, 3.63) is 57.8 Å². The summed E-state index contributed by atoms with van der Waals surface area (Å²) in [5.74, 6) is 0. The molecule has 0 saturated carbocycles. The lowest BCUT2D eigenvalue weighted by Crippen LogP contribution is -1.97. The molecule has 92 valence electrons. The molecule has 0 atom stereocenters. The normalized spacial score (nSPS) is 10.5. The summed E-state index contributed by atoms with van der Waals surface area (Å²) in [4.78, 5) is 3.10. The van der Waals surface area contributed by atoms with Crippen molar-refractivity contribution in [2.45, 2.75) is 0 Å². The van der Waals surface area contributed by atoms with E-state index in [4.69, 9.17) is 23.8 Å². The summed E-state index contributed by atoms with van der Waals surface area (Å²) in [5, 5.41) is 9.84. The van der Waals surface area contributed by atoms with E-state index in [-0.39, 0.29) is 0 Å². The number of aromatic nitrogens is 2. The predicted octanol–water partition coefficient (Wildman–Crippen LogP) is 4.21. The molecule has 3 aromatic rings. The minimum atomic E-state index is 0.542. The van der Waals surface area contributed by atoms with Gasteiger partial charge in [0.1, 0.15) is 6.07 Å². The number of H-pyrrole nitrogens is 1. The first kappa shape index (κ1) is 12.0. The Bertz CT molecular complexity index is 870. The van der Waals surface area contributed by atoms with E-state index in [1.165, 1.54) is 0 Å². The maximum Gasteiger partial charge on any atom is 0.182 e. The summed E-state index contributed by atoms with van der Waals surface area (Å²) in [6, 6.07) is 15.0. The number of hydrogen-bond donors (Lipinski definition) is 1. The van der Waals surface area contributed by atoms with Gasteiger partial charge >= 0.3 is 0 Å². The first-order chi connectivity index (χ1) is 9.20. The number of nitrogens with one attached hydrogen (secondary N) is 1. The third-order valence-corrected chi connectivity index (χ3v) is 3.43. The lowest BCUT2D eigenvalue weighted by Gasteiger charge is -2.06. The van der Waals surface area contributed by atoms with Crippen molar-refractivity contribution in [2.24, 2.45) is 0 Å². The Balaban J connectivity index is 2.41. The number of aromatic amines is 1. The second kappa shape index (κ2) is 4.54. The Labute approximate surface area is 119 Å². The van der Waals surface area contributed by atoms with Gasteiger partial charge in [0.15, 0.2) is 4.77 Å². The highest BCUT2D eigenvalue weighted by Gasteiger charge is 2.10. The Morgan fingerprint density at radius 2 is 2.00 bits per heavy atom. The molecule has 0 saturated heterocycles. The number of nitrogens with zero attached hydrogens (tertiary/aromatic N) is 2. The average molecular weight is 286 g/mol. The van der Waals surface area contributed by atoms with Gasteiger partial charge in [-0.3, -0.25) is 4.57 Å². The van der Waals surface area contributed by atoms with E-state index in [1.54, 1.807) is 12.1 Å². The van der Waals surface area contributed by atoms with Crippen molar-refractivity contribution in [3.8, 4) is 11.8 Å². The zero-order chi connectivity index (χ0) is 13.4. The molecule has 1 N–H and O–H groups in total. The summed E-state index contributed by atoms with van der Waals surface area (Å²) >= 11 is 11.3. The molecule has 3 nitrogen and oxygen atoms in total. The molecular formula is C14H8ClN3S. The molecule has 5 heteroatoms. The van der Waals surface area contributed by atoms with Gasteiger partial charge in [-0.25, -0.2) is 0 Å². The second-order valence-electron chi connectivity index (χ2n) is 4.06. The third kappa shape index (κ3) is 1.93. The standard InChI is InChI=1S/C14H8ClN3S/c15-10-5-6-13-11(7-10)17-14(19)18(13)12-4-2-1-3-9(12)8-16/h1-7H,(H,17,19). The molecule has 0 amide bonds. The van der Waals surface area contributed by atoms with Crippen molar-refractivity contribution in [2.75, 3.05) is 0 Å². The van der Waals surface area contributed by atoms with Gasteiger partial charge in [-0.15, -0.1) is 0 Å². The van der Waals surface area contributed by atoms with Crippen LogP contribution in [0.3, 0.4) is 0 Å². The van der Waals surface area contributed by atoms with E-state index >= 15 is 0 Å². The number of para-hydroxylation sites is 1. The van der Waals surface area contributed by atoms with Crippen LogP contribution in [0.4, 0.5) is 0 Å². The van der Waals surface area contributed by atoms with Crippen molar-refractivity contribution < 1.29 is 0 Å². The van der Waals surface area contributed by atoms with Gasteiger partial charge < -0.3 is 4.98 Å². The summed E-state index contributed by atoms with van der Waals surface area (Å²) in [6.45, 7) is 0. The van der Waals surface area contributed by atoms with Crippen LogP contribution in [0.5, 0.6) is 0 Å². The number of nitriles is 1. The maximum atomic E-state index is 9.20. The predicted molar refractivity (Wildman–Crippen MR) is 78.2 cm³/mol. The Morgan fingerprint density at radius 3 is 2.79 bits per heavy atom. The third-order valence-electron chi connectivity index (χ3n) is 2.91. The largest absolute Gasteiger partial charge is 0.330 e. The number of hydrogen-bond acceptors (Lipinski definition) is 2. The summed E-state index contributed by atoms with van der Waals surface area (Å²) in [7, 11) is 0. The quantitative estimate of drug-likeness (QED) is 0.681. The molecule has 3 rings (SSSR count). The monoisotopic (exact) mass is 285 g/mol. The topological polar surface area (TPSA) is 44.5 Å². The van der Waals surface area contributed by atoms with Crippen LogP contribution in [0.2, 0.25) is 5.02 Å². The van der Waals surface area contributed by atoms with Gasteiger partial charge in [-0.2, -0.15) is 5.26 Å². The molecule has 2 aromatic carbocycles. The van der Waals surface area contributed by atoms with Crippen LogP contribution >= 0.6 is 23.8 Å². The molecule has 1 aromatic heterocycles. The zero-order valence-corrected chi connectivity index (χ0v) is 11.3. The second-order valence-corrected chi connectivity index (χ2v) is 4.88. The first-order valence-corrected chi connectivity index (χ1v) is 6.39. The molecule has 0 aliphatic carbocycles. The van der Waals surface area contributed by atoms with Gasteiger partial charge in [0.25, 0.3) is 0 Å². The fourth-order valence-corrected chi connectivity index (χ4v) is 2.56. The van der Waals surface area contributed by atoms with Crippen LogP contribution in [0.1, 0.15) is 5.56 Å². The molecule has 19 heavy (non-hydrogen) atoms. The first-order valence-electron chi connectivity index (χ1n) is 5.60. The molecule has 0 fully saturated rings. The minimum absolute atomic E-state index is 0.542. The molecule has 0 aliphatic heterocycles. The summed E-state index contributed by atoms with van der Waals surface area (Å²) in [5.41, 5.74) is 3.10. The number of imidazole rings is 1. The summed E-state index contributed by atoms with van der Waals surface area (Å²) < 4.78 is 2.39. The Hall–Kier alpha value is -2.09. The van der Waals surface area contributed by atoms with Crippen LogP contribution in [0, 0.1) is 16.1 Å². The minimum Gasteiger partial charge on any atom is -0.330 e. The van der Waals surface area contributed by atoms with Gasteiger partial charge in [0.05, 0.1) is 22.3 Å². The van der Waals surface area contributed by atoms with Crippen LogP contribution in [0.25, 0.3) is 16.7 Å². The van der Waals surface area contributed by atoms with E-state index < -0.39 is 0 Å². The Morgan fingerprint density at radius 1 is 1.21 bits per heavy atom. The highest BCUT2D eigenvalue weighted by atomic mass is 35.5. The fourth-order valence-electron chi connectivity index (χ4n) is 2.09. The highest BCUT2D eigenvalue weighted by Crippen LogP contribution is 2.24. The van der Waals surface area contributed by atoms with Gasteiger partial charge in [0, 0.05) is 5.02 Å². The van der Waals surface area contributed by atoms with Crippen molar-refractivity contribution in [1.29, 1.82) is 5.26 Å². The van der Waals surface area contributed by atoms with Crippen molar-refractivity contribution >= 4 is 34.9 Å². The number of halogens is 1. The van der Waals surface area contributed by atoms with E-state index in [2.05, 4.69) is 11.1 Å². The van der Waals surface area contributed by atoms with Crippen LogP contribution in [-0.4, -0.2) is 9.55 Å². The molecule has 0 unspecified atom stereocenters. The van der Waals surface area contributed by atoms with E-state index in [9.17, 15) is 5.26 Å². The SMILES string of the molecule is N#Cc1ccccc1-n1c(=S)[nH]c2cc(Cl)ccc21. The zero-order valence-electron chi connectivity index (χ0n) is 9.72. The van der Waals surface area contributed by atoms with E-state index in [0.29, 0.717) is 15.4 Å². The summed E-state index contributed by atoms with van der Waals surface area (Å²) in [6.07, 6.45) is 0. The van der Waals surface area contributed by atoms with Crippen molar-refractivity contribution in [1.82, 2.24) is 9.55 Å². The lowest BCUT2D eigenvalue weighted by molar-refractivity contribution is 1.06. The maximum absolute atomic E-state index is 9.20. The number of benzene rings is 2. The molecule has 0 spiro atoms. The fraction of sp³-hybridized carbons (Fsp3) is 0. The van der Waals surface area contributed by atoms with Crippen LogP contribution in [-0.2, 0) is 0 Å².